The molecule has 0 bridgehead atoms. The quantitative estimate of drug-likeness (QED) is 0.474. The number of carbonyl (C=O) groups is 4. The lowest BCUT2D eigenvalue weighted by molar-refractivity contribution is -0.128. The van der Waals surface area contributed by atoms with E-state index in [9.17, 15) is 19.2 Å². The number of primary amides is 1. The van der Waals surface area contributed by atoms with Crippen molar-refractivity contribution in [1.82, 2.24) is 16.0 Å². The van der Waals surface area contributed by atoms with Gasteiger partial charge in [-0.2, -0.15) is 0 Å². The molecule has 1 rings (SSSR count). The summed E-state index contributed by atoms with van der Waals surface area (Å²) >= 11 is 0. The number of rotatable bonds is 9. The van der Waals surface area contributed by atoms with Crippen LogP contribution in [0.2, 0.25) is 0 Å². The molecule has 0 radical (unpaired) electrons. The fraction of sp³-hybridized carbons (Fsp3) is 0.412. The maximum absolute atomic E-state index is 12.2. The summed E-state index contributed by atoms with van der Waals surface area (Å²) in [7, 11) is 0. The topological polar surface area (TPSA) is 140 Å². The Morgan fingerprint density at radius 1 is 1.04 bits per heavy atom. The monoisotopic (exact) mass is 364 g/mol. The molecule has 1 aromatic carbocycles. The fourth-order valence-corrected chi connectivity index (χ4v) is 1.95. The molecule has 0 saturated carbocycles. The van der Waals surface area contributed by atoms with Gasteiger partial charge in [-0.25, -0.2) is 4.79 Å². The Balaban J connectivity index is 2.45. The molecule has 1 atom stereocenters. The second-order valence-electron chi connectivity index (χ2n) is 5.89. The lowest BCUT2D eigenvalue weighted by atomic mass is 10.0. The predicted octanol–water partition coefficient (Wildman–Crippen LogP) is -0.345. The second kappa shape index (κ2) is 10.7. The van der Waals surface area contributed by atoms with Gasteiger partial charge >= 0.3 is 6.09 Å². The van der Waals surface area contributed by atoms with Crippen molar-refractivity contribution in [3.8, 4) is 0 Å². The van der Waals surface area contributed by atoms with Gasteiger partial charge in [-0.3, -0.25) is 14.4 Å². The third-order valence-electron chi connectivity index (χ3n) is 3.32. The Kier molecular flexibility index (Phi) is 8.62. The van der Waals surface area contributed by atoms with Crippen molar-refractivity contribution >= 4 is 23.8 Å². The van der Waals surface area contributed by atoms with Gasteiger partial charge in [0, 0.05) is 0 Å². The molecule has 9 heteroatoms. The molecule has 0 aliphatic heterocycles. The number of ether oxygens (including phenoxy) is 1. The van der Waals surface area contributed by atoms with Gasteiger partial charge < -0.3 is 26.4 Å². The van der Waals surface area contributed by atoms with E-state index >= 15 is 0 Å². The van der Waals surface area contributed by atoms with Crippen molar-refractivity contribution in [2.24, 2.45) is 11.7 Å². The Labute approximate surface area is 151 Å². The van der Waals surface area contributed by atoms with E-state index in [1.807, 2.05) is 30.3 Å². The first kappa shape index (κ1) is 20.9. The minimum Gasteiger partial charge on any atom is -0.445 e. The first-order valence-electron chi connectivity index (χ1n) is 8.09. The molecule has 5 N–H and O–H groups in total. The van der Waals surface area contributed by atoms with Gasteiger partial charge in [0.1, 0.15) is 12.6 Å². The normalized spacial score (nSPS) is 11.3. The second-order valence-corrected chi connectivity index (χ2v) is 5.89. The molecule has 0 spiro atoms. The highest BCUT2D eigenvalue weighted by Gasteiger charge is 2.25. The zero-order valence-electron chi connectivity index (χ0n) is 14.8. The van der Waals surface area contributed by atoms with E-state index in [4.69, 9.17) is 10.5 Å². The summed E-state index contributed by atoms with van der Waals surface area (Å²) < 4.78 is 5.09. The number of carbonyl (C=O) groups excluding carboxylic acids is 4. The summed E-state index contributed by atoms with van der Waals surface area (Å²) in [5, 5.41) is 7.12. The number of amides is 4. The summed E-state index contributed by atoms with van der Waals surface area (Å²) in [5.74, 6) is -2.02. The average molecular weight is 364 g/mol. The zero-order chi connectivity index (χ0) is 19.5. The van der Waals surface area contributed by atoms with Gasteiger partial charge in [-0.1, -0.05) is 44.2 Å². The first-order valence-corrected chi connectivity index (χ1v) is 8.09. The summed E-state index contributed by atoms with van der Waals surface area (Å²) in [5.41, 5.74) is 5.73. The molecule has 142 valence electrons. The Morgan fingerprint density at radius 3 is 2.27 bits per heavy atom. The summed E-state index contributed by atoms with van der Waals surface area (Å²) in [6.07, 6.45) is -0.735. The van der Waals surface area contributed by atoms with Crippen LogP contribution >= 0.6 is 0 Å². The molecular weight excluding hydrogens is 340 g/mol. The zero-order valence-corrected chi connectivity index (χ0v) is 14.8. The number of nitrogens with one attached hydrogen (secondary N) is 3. The highest BCUT2D eigenvalue weighted by atomic mass is 16.5. The largest absolute Gasteiger partial charge is 0.445 e. The van der Waals surface area contributed by atoms with Gasteiger partial charge in [0.15, 0.2) is 0 Å². The summed E-state index contributed by atoms with van der Waals surface area (Å²) in [4.78, 5) is 46.2. The lowest BCUT2D eigenvalue weighted by Gasteiger charge is -2.21. The van der Waals surface area contributed by atoms with E-state index in [1.165, 1.54) is 0 Å². The molecule has 26 heavy (non-hydrogen) atoms. The molecule has 0 aliphatic rings. The third-order valence-corrected chi connectivity index (χ3v) is 3.32. The Morgan fingerprint density at radius 2 is 1.69 bits per heavy atom. The van der Waals surface area contributed by atoms with Crippen LogP contribution in [0.3, 0.4) is 0 Å². The molecule has 0 saturated heterocycles. The van der Waals surface area contributed by atoms with E-state index in [0.29, 0.717) is 0 Å². The molecule has 0 aliphatic carbocycles. The molecular formula is C17H24N4O5. The van der Waals surface area contributed by atoms with Crippen LogP contribution in [0, 0.1) is 5.92 Å². The molecule has 1 aromatic rings. The van der Waals surface area contributed by atoms with Crippen molar-refractivity contribution in [2.75, 3.05) is 13.1 Å². The number of nitrogens with two attached hydrogens (primary N) is 1. The van der Waals surface area contributed by atoms with Gasteiger partial charge in [0.05, 0.1) is 13.1 Å². The predicted molar refractivity (Wildman–Crippen MR) is 93.6 cm³/mol. The van der Waals surface area contributed by atoms with Crippen LogP contribution in [0.1, 0.15) is 19.4 Å². The number of alkyl carbamates (subject to hydrolysis) is 1. The van der Waals surface area contributed by atoms with Gasteiger partial charge in [0.2, 0.25) is 17.7 Å². The average Bonchev–Trinajstić information content (AvgIpc) is 2.61. The molecule has 0 fully saturated rings. The van der Waals surface area contributed by atoms with E-state index in [2.05, 4.69) is 16.0 Å². The smallest absolute Gasteiger partial charge is 0.408 e. The number of hydrogen-bond acceptors (Lipinski definition) is 5. The van der Waals surface area contributed by atoms with Gasteiger partial charge in [0.25, 0.3) is 0 Å². The van der Waals surface area contributed by atoms with Crippen LogP contribution in [0.15, 0.2) is 30.3 Å². The van der Waals surface area contributed by atoms with Crippen LogP contribution in [-0.4, -0.2) is 42.9 Å². The van der Waals surface area contributed by atoms with Gasteiger partial charge in [-0.05, 0) is 11.5 Å². The van der Waals surface area contributed by atoms with E-state index in [-0.39, 0.29) is 25.6 Å². The van der Waals surface area contributed by atoms with Crippen LogP contribution in [-0.2, 0) is 25.7 Å². The number of hydrogen-bond donors (Lipinski definition) is 4. The standard InChI is InChI=1S/C17H24N4O5/c1-11(2)15(16(24)20-9-14(23)19-8-13(18)22)21-17(25)26-10-12-6-4-3-5-7-12/h3-7,11,15H,8-10H2,1-2H3,(H2,18,22)(H,19,23)(H,20,24)(H,21,25). The van der Waals surface area contributed by atoms with E-state index < -0.39 is 29.9 Å². The van der Waals surface area contributed by atoms with Crippen molar-refractivity contribution in [3.63, 3.8) is 0 Å². The van der Waals surface area contributed by atoms with E-state index in [0.717, 1.165) is 5.56 Å². The Hall–Kier alpha value is -3.10. The first-order chi connectivity index (χ1) is 12.3. The van der Waals surface area contributed by atoms with Crippen LogP contribution in [0.4, 0.5) is 4.79 Å². The molecule has 1 unspecified atom stereocenters. The van der Waals surface area contributed by atoms with Crippen molar-refractivity contribution in [2.45, 2.75) is 26.5 Å². The third kappa shape index (κ3) is 8.13. The minimum atomic E-state index is -0.873. The van der Waals surface area contributed by atoms with Crippen molar-refractivity contribution < 1.29 is 23.9 Å². The van der Waals surface area contributed by atoms with E-state index in [1.54, 1.807) is 13.8 Å². The summed E-state index contributed by atoms with van der Waals surface area (Å²) in [6.45, 7) is 2.92. The van der Waals surface area contributed by atoms with Crippen molar-refractivity contribution in [1.29, 1.82) is 0 Å². The Bertz CT molecular complexity index is 633. The maximum Gasteiger partial charge on any atom is 0.408 e. The number of benzene rings is 1. The SMILES string of the molecule is CC(C)C(NC(=O)OCc1ccccc1)C(=O)NCC(=O)NCC(N)=O. The van der Waals surface area contributed by atoms with Gasteiger partial charge in [-0.15, -0.1) is 0 Å². The fourth-order valence-electron chi connectivity index (χ4n) is 1.95. The maximum atomic E-state index is 12.2. The molecule has 9 nitrogen and oxygen atoms in total. The van der Waals surface area contributed by atoms with Crippen LogP contribution < -0.4 is 21.7 Å². The van der Waals surface area contributed by atoms with Crippen molar-refractivity contribution in [3.05, 3.63) is 35.9 Å². The lowest BCUT2D eigenvalue weighted by Crippen LogP contribution is -2.51. The minimum absolute atomic E-state index is 0.0780. The highest BCUT2D eigenvalue weighted by molar-refractivity contribution is 5.90. The van der Waals surface area contributed by atoms with Crippen LogP contribution in [0.25, 0.3) is 0 Å². The molecule has 0 heterocycles. The molecule has 4 amide bonds. The molecule has 0 aromatic heterocycles. The van der Waals surface area contributed by atoms with Crippen LogP contribution in [0.5, 0.6) is 0 Å². The summed E-state index contributed by atoms with van der Waals surface area (Å²) in [6, 6.07) is 8.24. The highest BCUT2D eigenvalue weighted by Crippen LogP contribution is 2.04.